The number of hydrogen-bond acceptors (Lipinski definition) is 6. The Labute approximate surface area is 218 Å². The van der Waals surface area contributed by atoms with Crippen LogP contribution in [-0.4, -0.2) is 39.9 Å². The molecule has 10 nitrogen and oxygen atoms in total. The first-order valence-corrected chi connectivity index (χ1v) is 12.5. The number of carbonyl (C=O) groups is 4. The summed E-state index contributed by atoms with van der Waals surface area (Å²) < 4.78 is 0. The van der Waals surface area contributed by atoms with E-state index in [0.717, 1.165) is 11.1 Å². The molecule has 0 bridgehead atoms. The van der Waals surface area contributed by atoms with Crippen LogP contribution in [0.15, 0.2) is 60.0 Å². The first kappa shape index (κ1) is 27.3. The number of amides is 4. The van der Waals surface area contributed by atoms with E-state index in [1.54, 1.807) is 17.5 Å². The molecule has 2 aromatic carbocycles. The molecule has 0 aliphatic rings. The fraction of sp³-hybridized carbons (Fsp3) is 0.269. The predicted octanol–water partition coefficient (Wildman–Crippen LogP) is 3.15. The molecule has 1 aromatic heterocycles. The fourth-order valence-corrected chi connectivity index (χ4v) is 4.12. The third-order valence-corrected chi connectivity index (χ3v) is 6.16. The number of rotatable bonds is 11. The van der Waals surface area contributed by atoms with Gasteiger partial charge in [-0.3, -0.25) is 19.7 Å². The van der Waals surface area contributed by atoms with Crippen molar-refractivity contribution in [1.29, 1.82) is 0 Å². The molecule has 2 atom stereocenters. The van der Waals surface area contributed by atoms with Gasteiger partial charge in [0.15, 0.2) is 5.13 Å². The highest BCUT2D eigenvalue weighted by atomic mass is 32.1. The first-order chi connectivity index (χ1) is 17.7. The van der Waals surface area contributed by atoms with Crippen LogP contribution in [-0.2, 0) is 27.3 Å². The van der Waals surface area contributed by atoms with Crippen molar-refractivity contribution in [3.8, 4) is 0 Å². The van der Waals surface area contributed by atoms with Crippen LogP contribution in [0.4, 0.5) is 9.93 Å². The van der Waals surface area contributed by atoms with Gasteiger partial charge in [-0.2, -0.15) is 0 Å². The quantitative estimate of drug-likeness (QED) is 0.261. The monoisotopic (exact) mass is 523 g/mol. The number of benzene rings is 2. The zero-order valence-electron chi connectivity index (χ0n) is 20.5. The second kappa shape index (κ2) is 13.2. The number of carboxylic acids is 1. The largest absolute Gasteiger partial charge is 0.481 e. The topological polar surface area (TPSA) is 150 Å². The van der Waals surface area contributed by atoms with Crippen molar-refractivity contribution in [2.24, 2.45) is 0 Å². The molecule has 37 heavy (non-hydrogen) atoms. The highest BCUT2D eigenvalue weighted by Gasteiger charge is 2.23. The van der Waals surface area contributed by atoms with Crippen molar-refractivity contribution in [3.63, 3.8) is 0 Å². The molecule has 3 rings (SSSR count). The minimum Gasteiger partial charge on any atom is -0.481 e. The standard InChI is InChI=1S/C26H29N5O5S/c1-16-8-10-19(11-9-16)21(13-23(33)34)30-24(35)17(2)28-22(32)12-20-15-37-26(29-20)31-25(36)27-14-18-6-4-3-5-7-18/h3-11,15,17,21H,12-14H2,1-2H3,(H,28,32)(H,30,35)(H,33,34)(H2,27,29,31,36)/t17-,21?/m0/s1. The van der Waals surface area contributed by atoms with E-state index in [0.29, 0.717) is 22.9 Å². The van der Waals surface area contributed by atoms with Crippen LogP contribution in [0.2, 0.25) is 0 Å². The van der Waals surface area contributed by atoms with E-state index in [1.165, 1.54) is 18.3 Å². The van der Waals surface area contributed by atoms with Crippen LogP contribution in [0.1, 0.15) is 41.8 Å². The third kappa shape index (κ3) is 9.04. The molecule has 4 amide bonds. The Morgan fingerprint density at radius 3 is 2.38 bits per heavy atom. The van der Waals surface area contributed by atoms with Crippen LogP contribution in [0, 0.1) is 6.92 Å². The number of hydrogen-bond donors (Lipinski definition) is 5. The summed E-state index contributed by atoms with van der Waals surface area (Å²) in [6.45, 7) is 3.80. The molecule has 3 aromatic rings. The van der Waals surface area contributed by atoms with Crippen LogP contribution in [0.3, 0.4) is 0 Å². The summed E-state index contributed by atoms with van der Waals surface area (Å²) in [7, 11) is 0. The molecular formula is C26H29N5O5S. The number of carbonyl (C=O) groups excluding carboxylic acids is 3. The first-order valence-electron chi connectivity index (χ1n) is 11.6. The zero-order chi connectivity index (χ0) is 26.8. The lowest BCUT2D eigenvalue weighted by Crippen LogP contribution is -2.46. The lowest BCUT2D eigenvalue weighted by molar-refractivity contribution is -0.138. The zero-order valence-corrected chi connectivity index (χ0v) is 21.3. The molecule has 194 valence electrons. The number of anilines is 1. The van der Waals surface area contributed by atoms with Gasteiger partial charge in [0.25, 0.3) is 0 Å². The Hall–Kier alpha value is -4.25. The molecular weight excluding hydrogens is 494 g/mol. The Bertz CT molecular complexity index is 1230. The number of aromatic nitrogens is 1. The summed E-state index contributed by atoms with van der Waals surface area (Å²) >= 11 is 1.18. The van der Waals surface area contributed by atoms with E-state index >= 15 is 0 Å². The van der Waals surface area contributed by atoms with Gasteiger partial charge in [-0.05, 0) is 25.0 Å². The lowest BCUT2D eigenvalue weighted by atomic mass is 10.0. The second-order valence-electron chi connectivity index (χ2n) is 8.47. The smallest absolute Gasteiger partial charge is 0.321 e. The van der Waals surface area contributed by atoms with E-state index in [-0.39, 0.29) is 12.8 Å². The summed E-state index contributed by atoms with van der Waals surface area (Å²) in [6, 6.07) is 14.6. The van der Waals surface area contributed by atoms with Gasteiger partial charge in [0.1, 0.15) is 6.04 Å². The summed E-state index contributed by atoms with van der Waals surface area (Å²) in [5.74, 6) is -1.99. The Balaban J connectivity index is 1.47. The number of urea groups is 1. The summed E-state index contributed by atoms with van der Waals surface area (Å²) in [5.41, 5.74) is 3.07. The molecule has 0 aliphatic carbocycles. The number of nitrogens with zero attached hydrogens (tertiary/aromatic N) is 1. The van der Waals surface area contributed by atoms with E-state index in [2.05, 4.69) is 26.3 Å². The predicted molar refractivity (Wildman–Crippen MR) is 140 cm³/mol. The molecule has 1 heterocycles. The molecule has 0 saturated carbocycles. The maximum absolute atomic E-state index is 12.7. The van der Waals surface area contributed by atoms with Gasteiger partial charge in [0.2, 0.25) is 11.8 Å². The van der Waals surface area contributed by atoms with Crippen molar-refractivity contribution in [2.75, 3.05) is 5.32 Å². The van der Waals surface area contributed by atoms with Crippen LogP contribution in [0.25, 0.3) is 0 Å². The molecule has 0 aliphatic heterocycles. The Morgan fingerprint density at radius 2 is 1.70 bits per heavy atom. The maximum Gasteiger partial charge on any atom is 0.321 e. The van der Waals surface area contributed by atoms with Crippen molar-refractivity contribution in [2.45, 2.75) is 45.3 Å². The van der Waals surface area contributed by atoms with E-state index < -0.39 is 35.9 Å². The van der Waals surface area contributed by atoms with Gasteiger partial charge in [-0.15, -0.1) is 11.3 Å². The molecule has 11 heteroatoms. The fourth-order valence-electron chi connectivity index (χ4n) is 3.41. The minimum absolute atomic E-state index is 0.0854. The van der Waals surface area contributed by atoms with Gasteiger partial charge in [0.05, 0.1) is 24.6 Å². The maximum atomic E-state index is 12.7. The van der Waals surface area contributed by atoms with Crippen LogP contribution >= 0.6 is 11.3 Å². The number of nitrogens with one attached hydrogen (secondary N) is 4. The number of carboxylic acid groups (broad SMARTS) is 1. The van der Waals surface area contributed by atoms with Crippen molar-refractivity contribution in [1.82, 2.24) is 20.9 Å². The average Bonchev–Trinajstić information content (AvgIpc) is 3.29. The number of aliphatic carboxylic acids is 1. The molecule has 0 saturated heterocycles. The van der Waals surface area contributed by atoms with Crippen molar-refractivity contribution < 1.29 is 24.3 Å². The highest BCUT2D eigenvalue weighted by molar-refractivity contribution is 7.13. The molecule has 0 fully saturated rings. The van der Waals surface area contributed by atoms with Gasteiger partial charge < -0.3 is 21.1 Å². The number of aryl methyl sites for hydroxylation is 1. The Kier molecular flexibility index (Phi) is 9.73. The van der Waals surface area contributed by atoms with Gasteiger partial charge in [0, 0.05) is 11.9 Å². The summed E-state index contributed by atoms with van der Waals surface area (Å²) in [5, 5.41) is 21.9. The van der Waals surface area contributed by atoms with Crippen LogP contribution in [0.5, 0.6) is 0 Å². The van der Waals surface area contributed by atoms with Gasteiger partial charge in [-0.25, -0.2) is 9.78 Å². The van der Waals surface area contributed by atoms with Crippen molar-refractivity contribution in [3.05, 3.63) is 82.4 Å². The van der Waals surface area contributed by atoms with Crippen molar-refractivity contribution >= 4 is 40.3 Å². The average molecular weight is 524 g/mol. The lowest BCUT2D eigenvalue weighted by Gasteiger charge is -2.21. The van der Waals surface area contributed by atoms with E-state index in [9.17, 15) is 24.3 Å². The van der Waals surface area contributed by atoms with Crippen LogP contribution < -0.4 is 21.3 Å². The minimum atomic E-state index is -1.05. The number of thiazole rings is 1. The summed E-state index contributed by atoms with van der Waals surface area (Å²) in [4.78, 5) is 52.8. The Morgan fingerprint density at radius 1 is 1.00 bits per heavy atom. The van der Waals surface area contributed by atoms with Gasteiger partial charge >= 0.3 is 12.0 Å². The van der Waals surface area contributed by atoms with E-state index in [1.807, 2.05) is 49.4 Å². The molecule has 1 unspecified atom stereocenters. The molecule has 0 spiro atoms. The summed E-state index contributed by atoms with van der Waals surface area (Å²) in [6.07, 6.45) is -0.374. The normalized spacial score (nSPS) is 12.2. The molecule has 0 radical (unpaired) electrons. The second-order valence-corrected chi connectivity index (χ2v) is 9.33. The van der Waals surface area contributed by atoms with E-state index in [4.69, 9.17) is 0 Å². The SMILES string of the molecule is Cc1ccc(C(CC(=O)O)NC(=O)[C@H](C)NC(=O)Cc2csc(NC(=O)NCc3ccccc3)n2)cc1. The molecule has 5 N–H and O–H groups in total. The highest BCUT2D eigenvalue weighted by Crippen LogP contribution is 2.18. The van der Waals surface area contributed by atoms with Gasteiger partial charge in [-0.1, -0.05) is 60.2 Å². The third-order valence-electron chi connectivity index (χ3n) is 5.36.